The van der Waals surface area contributed by atoms with Gasteiger partial charge in [0.15, 0.2) is 17.9 Å². The summed E-state index contributed by atoms with van der Waals surface area (Å²) in [5, 5.41) is 84.0. The monoisotopic (exact) mass is 744 g/mol. The third kappa shape index (κ3) is 3.56. The quantitative estimate of drug-likeness (QED) is 0.156. The van der Waals surface area contributed by atoms with Gasteiger partial charge < -0.3 is 50.0 Å². The maximum atomic E-state index is 15.0. The van der Waals surface area contributed by atoms with Gasteiger partial charge in [-0.05, 0) is 92.8 Å². The van der Waals surface area contributed by atoms with Gasteiger partial charge in [0, 0.05) is 34.5 Å². The van der Waals surface area contributed by atoms with Gasteiger partial charge in [-0.25, -0.2) is 0 Å². The average Bonchev–Trinajstić information content (AvgIpc) is 3.56. The van der Waals surface area contributed by atoms with Crippen LogP contribution in [0.3, 0.4) is 0 Å². The Bertz CT molecular complexity index is 1680. The van der Waals surface area contributed by atoms with Crippen LogP contribution in [0.5, 0.6) is 0 Å². The molecule has 19 unspecified atom stereocenters. The number of hydrogen-bond donors (Lipinski definition) is 7. The summed E-state index contributed by atoms with van der Waals surface area (Å²) in [5.74, 6) is -9.45. The highest BCUT2D eigenvalue weighted by molar-refractivity contribution is 6.11. The molecule has 6 bridgehead atoms. The molecule has 0 aromatic heterocycles. The number of hydrogen-bond acceptors (Lipinski definition) is 13. The highest BCUT2D eigenvalue weighted by Gasteiger charge is 2.88. The van der Waals surface area contributed by atoms with Crippen molar-refractivity contribution in [2.45, 2.75) is 140 Å². The van der Waals surface area contributed by atoms with E-state index < -0.39 is 140 Å². The maximum Gasteiger partial charge on any atom is 0.320 e. The zero-order chi connectivity index (χ0) is 37.8. The number of rotatable bonds is 3. The first-order chi connectivity index (χ1) is 24.7. The minimum absolute atomic E-state index is 0.00448. The van der Waals surface area contributed by atoms with Crippen molar-refractivity contribution in [2.75, 3.05) is 13.2 Å². The second-order valence-electron chi connectivity index (χ2n) is 20.8. The molecule has 11 rings (SSSR count). The molecule has 0 aromatic carbocycles. The van der Waals surface area contributed by atoms with Crippen LogP contribution in [0.1, 0.15) is 91.9 Å². The van der Waals surface area contributed by atoms with Crippen LogP contribution in [-0.2, 0) is 28.6 Å². The molecule has 4 spiro atoms. The lowest BCUT2D eigenvalue weighted by molar-refractivity contribution is -0.458. The summed E-state index contributed by atoms with van der Waals surface area (Å²) in [7, 11) is 0. The zero-order valence-corrected chi connectivity index (χ0v) is 31.1. The van der Waals surface area contributed by atoms with E-state index in [4.69, 9.17) is 14.2 Å². The molecule has 4 aliphatic heterocycles. The molecule has 0 amide bonds. The van der Waals surface area contributed by atoms with Crippen molar-refractivity contribution < 1.29 is 64.3 Å². The lowest BCUT2D eigenvalue weighted by Gasteiger charge is -2.74. The van der Waals surface area contributed by atoms with Gasteiger partial charge in [-0.2, -0.15) is 0 Å². The van der Waals surface area contributed by atoms with Crippen molar-refractivity contribution in [1.29, 1.82) is 0 Å². The number of carbonyl (C=O) groups is 3. The molecule has 0 radical (unpaired) electrons. The molecule has 4 saturated heterocycles. The predicted octanol–water partition coefficient (Wildman–Crippen LogP) is 0.600. The van der Waals surface area contributed by atoms with Crippen LogP contribution in [0.15, 0.2) is 0 Å². The summed E-state index contributed by atoms with van der Waals surface area (Å²) in [5.41, 5.74) is -8.90. The molecule has 0 aromatic rings. The van der Waals surface area contributed by atoms with E-state index in [1.807, 2.05) is 27.7 Å². The first-order valence-corrected chi connectivity index (χ1v) is 20.2. The molecule has 53 heavy (non-hydrogen) atoms. The van der Waals surface area contributed by atoms with Crippen LogP contribution in [0.25, 0.3) is 0 Å². The molecule has 7 aliphatic carbocycles. The Hall–Kier alpha value is -1.55. The normalized spacial score (nSPS) is 60.8. The lowest BCUT2D eigenvalue weighted by atomic mass is 9.35. The van der Waals surface area contributed by atoms with E-state index >= 15 is 4.79 Å². The van der Waals surface area contributed by atoms with Crippen molar-refractivity contribution >= 4 is 17.5 Å². The highest BCUT2D eigenvalue weighted by atomic mass is 16.6. The minimum atomic E-state index is -2.39. The summed E-state index contributed by atoms with van der Waals surface area (Å²) < 4.78 is 18.1. The van der Waals surface area contributed by atoms with Crippen molar-refractivity contribution in [3.05, 3.63) is 0 Å². The Kier molecular flexibility index (Phi) is 6.96. The van der Waals surface area contributed by atoms with Crippen LogP contribution in [0.4, 0.5) is 0 Å². The first-order valence-electron chi connectivity index (χ1n) is 20.2. The molecule has 11 aliphatic rings. The lowest BCUT2D eigenvalue weighted by Crippen LogP contribution is -2.85. The van der Waals surface area contributed by atoms with E-state index in [9.17, 15) is 45.3 Å². The topological polar surface area (TPSA) is 221 Å². The molecular formula is C40H56O13. The fourth-order valence-electron chi connectivity index (χ4n) is 16.7. The Morgan fingerprint density at radius 2 is 1.49 bits per heavy atom. The van der Waals surface area contributed by atoms with E-state index in [1.165, 1.54) is 0 Å². The van der Waals surface area contributed by atoms with Gasteiger partial charge in [0.05, 0.1) is 31.5 Å². The smallest absolute Gasteiger partial charge is 0.320 e. The fourth-order valence-corrected chi connectivity index (χ4v) is 16.7. The Labute approximate surface area is 308 Å². The Morgan fingerprint density at radius 3 is 2.23 bits per heavy atom. The van der Waals surface area contributed by atoms with Gasteiger partial charge in [0.2, 0.25) is 5.79 Å². The van der Waals surface area contributed by atoms with E-state index in [0.29, 0.717) is 38.5 Å². The van der Waals surface area contributed by atoms with E-state index in [2.05, 4.69) is 0 Å². The summed E-state index contributed by atoms with van der Waals surface area (Å²) >= 11 is 0. The van der Waals surface area contributed by atoms with Crippen molar-refractivity contribution in [2.24, 2.45) is 73.9 Å². The van der Waals surface area contributed by atoms with Gasteiger partial charge in [-0.15, -0.1) is 0 Å². The molecule has 294 valence electrons. The molecule has 13 heteroatoms. The zero-order valence-electron chi connectivity index (χ0n) is 31.1. The van der Waals surface area contributed by atoms with Crippen LogP contribution in [0.2, 0.25) is 0 Å². The molecular weight excluding hydrogens is 688 g/mol. The molecule has 7 saturated carbocycles. The van der Waals surface area contributed by atoms with Gasteiger partial charge in [0.1, 0.15) is 28.6 Å². The highest BCUT2D eigenvalue weighted by Crippen LogP contribution is 2.77. The van der Waals surface area contributed by atoms with E-state index in [1.54, 1.807) is 0 Å². The number of ketones is 2. The maximum absolute atomic E-state index is 15.0. The number of ether oxygens (including phenoxy) is 3. The van der Waals surface area contributed by atoms with Crippen LogP contribution < -0.4 is 0 Å². The molecule has 13 nitrogen and oxygen atoms in total. The summed E-state index contributed by atoms with van der Waals surface area (Å²) in [4.78, 5) is 44.2. The second kappa shape index (κ2) is 10.3. The summed E-state index contributed by atoms with van der Waals surface area (Å²) in [6, 6.07) is 0. The first kappa shape index (κ1) is 35.8. The predicted molar refractivity (Wildman–Crippen MR) is 180 cm³/mol. The third-order valence-corrected chi connectivity index (χ3v) is 18.4. The summed E-state index contributed by atoms with van der Waals surface area (Å²) in [6.07, 6.45) is -4.09. The second-order valence-corrected chi connectivity index (χ2v) is 20.8. The summed E-state index contributed by atoms with van der Waals surface area (Å²) in [6.45, 7) is 8.00. The van der Waals surface area contributed by atoms with Gasteiger partial charge in [0.25, 0.3) is 0 Å². The van der Waals surface area contributed by atoms with Crippen molar-refractivity contribution in [1.82, 2.24) is 0 Å². The molecule has 11 fully saturated rings. The number of aliphatic hydroxyl groups excluding tert-OH is 5. The van der Waals surface area contributed by atoms with Crippen LogP contribution >= 0.6 is 0 Å². The standard InChI is InChI=1S/C40H56O13/c1-33(2)10-8-22(42)36-16-52-40(50,29(45)25(33)36)39-21(36)6-5-18(27(39)43)19(28(39)44)7-12-38(49)17-13-20(41)24-35(14-17,31(38)47)32(48)53-23-9-11-34(3,4)26-30(46)51-15-37(23,24)26/h17-27,29-30,41-43,45-46,49-50H,5-16H2,1-4H3. The van der Waals surface area contributed by atoms with Crippen LogP contribution in [0, 0.1) is 73.9 Å². The van der Waals surface area contributed by atoms with Gasteiger partial charge in [-0.3, -0.25) is 14.4 Å². The van der Waals surface area contributed by atoms with E-state index in [-0.39, 0.29) is 38.9 Å². The van der Waals surface area contributed by atoms with Gasteiger partial charge >= 0.3 is 5.97 Å². The molecule has 7 N–H and O–H groups in total. The molecule has 4 heterocycles. The fraction of sp³-hybridized carbons (Fsp3) is 0.925. The SMILES string of the molecule is CC1(C)CCC2OC(=O)C34CC(CC(O)C3C23COC(O)C13)C(O)(CCC1C(=O)C23C(O)C1CCC2C12COC3(O)C(O)C1C(C)(C)CCC2O)C4=O. The Balaban J connectivity index is 0.996. The molecule has 19 atom stereocenters. The third-order valence-electron chi connectivity index (χ3n) is 18.4. The van der Waals surface area contributed by atoms with Crippen molar-refractivity contribution in [3.63, 3.8) is 0 Å². The average molecular weight is 745 g/mol. The van der Waals surface area contributed by atoms with Gasteiger partial charge in [-0.1, -0.05) is 27.7 Å². The van der Waals surface area contributed by atoms with E-state index in [0.717, 1.165) is 0 Å². The number of fused-ring (bicyclic) bond motifs is 3. The number of carbonyl (C=O) groups excluding carboxylic acids is 3. The largest absolute Gasteiger partial charge is 0.461 e. The minimum Gasteiger partial charge on any atom is -0.461 e. The number of aliphatic hydroxyl groups is 7. The number of esters is 1. The van der Waals surface area contributed by atoms with Crippen molar-refractivity contribution in [3.8, 4) is 0 Å². The number of Topliss-reactive ketones (excluding diaryl/α,β-unsaturated/α-hetero) is 2. The Morgan fingerprint density at radius 1 is 0.792 bits per heavy atom. The van der Waals surface area contributed by atoms with Crippen LogP contribution in [-0.4, -0.2) is 115 Å².